The minimum Gasteiger partial charge on any atom is -0.451 e. The molecule has 4 nitrogen and oxygen atoms in total. The zero-order valence-corrected chi connectivity index (χ0v) is 12.6. The normalized spacial score (nSPS) is 10.4. The Bertz CT molecular complexity index is 876. The summed E-state index contributed by atoms with van der Waals surface area (Å²) in [5, 5.41) is 14.3. The minimum absolute atomic E-state index is 0.274. The first-order valence-corrected chi connectivity index (χ1v) is 7.45. The van der Waals surface area contributed by atoms with Crippen LogP contribution >= 0.6 is 11.8 Å². The summed E-state index contributed by atoms with van der Waals surface area (Å²) < 4.78 is 5.59. The van der Waals surface area contributed by atoms with Crippen LogP contribution in [0.15, 0.2) is 57.8 Å². The molecule has 0 spiro atoms. The lowest BCUT2D eigenvalue weighted by atomic mass is 10.2. The highest BCUT2D eigenvalue weighted by Crippen LogP contribution is 2.22. The maximum atomic E-state index is 12.2. The molecule has 0 fully saturated rings. The molecule has 5 heteroatoms. The second kappa shape index (κ2) is 5.96. The smallest absolute Gasteiger partial charge is 0.291 e. The number of rotatable bonds is 3. The van der Waals surface area contributed by atoms with Crippen LogP contribution in [0, 0.1) is 17.6 Å². The second-order valence-corrected chi connectivity index (χ2v) is 5.68. The molecule has 0 unspecified atom stereocenters. The number of benzene rings is 2. The highest BCUT2D eigenvalue weighted by atomic mass is 32.2. The monoisotopic (exact) mass is 308 g/mol. The van der Waals surface area contributed by atoms with E-state index in [1.165, 1.54) is 0 Å². The van der Waals surface area contributed by atoms with E-state index < -0.39 is 0 Å². The summed E-state index contributed by atoms with van der Waals surface area (Å²) in [5.41, 5.74) is 2.44. The molecule has 0 saturated carbocycles. The number of anilines is 1. The molecule has 0 aliphatic rings. The largest absolute Gasteiger partial charge is 0.451 e. The molecule has 0 atom stereocenters. The van der Waals surface area contributed by atoms with Crippen molar-refractivity contribution in [1.82, 2.24) is 0 Å². The average molecular weight is 308 g/mol. The van der Waals surface area contributed by atoms with Gasteiger partial charge in [0.05, 0.1) is 0 Å². The Hall–Kier alpha value is -2.71. The molecule has 22 heavy (non-hydrogen) atoms. The van der Waals surface area contributed by atoms with Gasteiger partial charge in [-0.05, 0) is 60.6 Å². The maximum absolute atomic E-state index is 12.2. The second-order valence-electron chi connectivity index (χ2n) is 4.82. The lowest BCUT2D eigenvalue weighted by molar-refractivity contribution is 0.0998. The van der Waals surface area contributed by atoms with Crippen LogP contribution in [0.3, 0.4) is 0 Å². The predicted octanol–water partition coefficient (Wildman–Crippen LogP) is 4.57. The van der Waals surface area contributed by atoms with Crippen molar-refractivity contribution >= 4 is 34.3 Å². The molecular weight excluding hydrogens is 296 g/mol. The zero-order valence-electron chi connectivity index (χ0n) is 11.8. The van der Waals surface area contributed by atoms with Gasteiger partial charge in [0.25, 0.3) is 5.91 Å². The van der Waals surface area contributed by atoms with Crippen molar-refractivity contribution in [3.63, 3.8) is 0 Å². The van der Waals surface area contributed by atoms with Crippen LogP contribution in [0.2, 0.25) is 0 Å². The third-order valence-electron chi connectivity index (χ3n) is 3.18. The van der Waals surface area contributed by atoms with Gasteiger partial charge in [0, 0.05) is 16.0 Å². The van der Waals surface area contributed by atoms with Gasteiger partial charge < -0.3 is 9.73 Å². The van der Waals surface area contributed by atoms with Crippen LogP contribution in [0.5, 0.6) is 0 Å². The number of hydrogen-bond acceptors (Lipinski definition) is 4. The maximum Gasteiger partial charge on any atom is 0.291 e. The number of hydrogen-bond donors (Lipinski definition) is 1. The highest BCUT2D eigenvalue weighted by molar-refractivity contribution is 8.03. The number of carbonyl (C=O) groups excluding carboxylic acids is 1. The first-order valence-electron chi connectivity index (χ1n) is 6.63. The van der Waals surface area contributed by atoms with Gasteiger partial charge in [-0.25, -0.2) is 0 Å². The predicted molar refractivity (Wildman–Crippen MR) is 86.8 cm³/mol. The van der Waals surface area contributed by atoms with Crippen LogP contribution in [-0.4, -0.2) is 5.91 Å². The Morgan fingerprint density at radius 2 is 1.95 bits per heavy atom. The van der Waals surface area contributed by atoms with Gasteiger partial charge in [0.15, 0.2) is 5.76 Å². The van der Waals surface area contributed by atoms with Crippen molar-refractivity contribution in [1.29, 1.82) is 5.26 Å². The van der Waals surface area contributed by atoms with Gasteiger partial charge in [0.1, 0.15) is 11.0 Å². The van der Waals surface area contributed by atoms with E-state index in [0.29, 0.717) is 11.3 Å². The first-order chi connectivity index (χ1) is 10.7. The molecule has 0 aliphatic carbocycles. The Kier molecular flexibility index (Phi) is 3.86. The Balaban J connectivity index is 1.79. The van der Waals surface area contributed by atoms with Crippen LogP contribution in [0.1, 0.15) is 16.1 Å². The fourth-order valence-corrected chi connectivity index (χ4v) is 2.48. The molecule has 1 heterocycles. The summed E-state index contributed by atoms with van der Waals surface area (Å²) >= 11 is 1.08. The van der Waals surface area contributed by atoms with Crippen LogP contribution in [0.4, 0.5) is 5.69 Å². The van der Waals surface area contributed by atoms with Crippen LogP contribution in [-0.2, 0) is 0 Å². The standard InChI is InChI=1S/C17H12N2O2S/c1-11-2-3-12-9-16(21-15(12)8-11)17(20)19-13-4-6-14(7-5-13)22-10-18/h2-9H,1H3,(H,19,20). The van der Waals surface area contributed by atoms with E-state index in [2.05, 4.69) is 5.32 Å². The molecule has 0 bridgehead atoms. The lowest BCUT2D eigenvalue weighted by Crippen LogP contribution is -2.10. The zero-order chi connectivity index (χ0) is 15.5. The minimum atomic E-state index is -0.297. The number of nitrogens with one attached hydrogen (secondary N) is 1. The molecule has 1 aromatic heterocycles. The number of nitrogens with zero attached hydrogens (tertiary/aromatic N) is 1. The van der Waals surface area contributed by atoms with Crippen LogP contribution < -0.4 is 5.32 Å². The molecule has 108 valence electrons. The van der Waals surface area contributed by atoms with Crippen molar-refractivity contribution in [3.8, 4) is 5.40 Å². The van der Waals surface area contributed by atoms with Gasteiger partial charge in [-0.2, -0.15) is 5.26 Å². The number of carbonyl (C=O) groups is 1. The number of nitriles is 1. The van der Waals surface area contributed by atoms with E-state index in [1.807, 2.05) is 30.5 Å². The van der Waals surface area contributed by atoms with E-state index in [4.69, 9.17) is 9.68 Å². The molecule has 3 aromatic rings. The van der Waals surface area contributed by atoms with Crippen molar-refractivity contribution in [2.45, 2.75) is 11.8 Å². The highest BCUT2D eigenvalue weighted by Gasteiger charge is 2.12. The van der Waals surface area contributed by atoms with Crippen molar-refractivity contribution < 1.29 is 9.21 Å². The topological polar surface area (TPSA) is 66.0 Å². The van der Waals surface area contributed by atoms with E-state index in [1.54, 1.807) is 30.3 Å². The number of amides is 1. The van der Waals surface area contributed by atoms with Gasteiger partial charge >= 0.3 is 0 Å². The third-order valence-corrected chi connectivity index (χ3v) is 3.77. The van der Waals surface area contributed by atoms with Crippen molar-refractivity contribution in [3.05, 3.63) is 59.9 Å². The number of thiocyanates is 1. The molecule has 1 N–H and O–H groups in total. The summed E-state index contributed by atoms with van der Waals surface area (Å²) in [6, 6.07) is 14.6. The molecule has 1 amide bonds. The first kappa shape index (κ1) is 14.2. The molecule has 0 radical (unpaired) electrons. The summed E-state index contributed by atoms with van der Waals surface area (Å²) in [6.07, 6.45) is 0. The molecule has 3 rings (SSSR count). The van der Waals surface area contributed by atoms with E-state index in [0.717, 1.165) is 27.6 Å². The fourth-order valence-electron chi connectivity index (χ4n) is 2.10. The van der Waals surface area contributed by atoms with E-state index in [-0.39, 0.29) is 11.7 Å². The summed E-state index contributed by atoms with van der Waals surface area (Å²) in [4.78, 5) is 13.0. The third kappa shape index (κ3) is 2.97. The van der Waals surface area contributed by atoms with Gasteiger partial charge in [-0.15, -0.1) is 0 Å². The number of fused-ring (bicyclic) bond motifs is 1. The SMILES string of the molecule is Cc1ccc2cc(C(=O)Nc3ccc(SC#N)cc3)oc2c1. The Morgan fingerprint density at radius 1 is 1.18 bits per heavy atom. The molecule has 0 aliphatic heterocycles. The van der Waals surface area contributed by atoms with Crippen molar-refractivity contribution in [2.24, 2.45) is 0 Å². The lowest BCUT2D eigenvalue weighted by Gasteiger charge is -2.03. The van der Waals surface area contributed by atoms with Crippen LogP contribution in [0.25, 0.3) is 11.0 Å². The van der Waals surface area contributed by atoms with Gasteiger partial charge in [-0.1, -0.05) is 12.1 Å². The van der Waals surface area contributed by atoms with E-state index in [9.17, 15) is 4.79 Å². The Morgan fingerprint density at radius 3 is 2.68 bits per heavy atom. The van der Waals surface area contributed by atoms with Gasteiger partial charge in [-0.3, -0.25) is 4.79 Å². The summed E-state index contributed by atoms with van der Waals surface area (Å²) in [5.74, 6) is -0.0226. The average Bonchev–Trinajstić information content (AvgIpc) is 2.92. The van der Waals surface area contributed by atoms with Gasteiger partial charge in [0.2, 0.25) is 0 Å². The Labute approximate surface area is 131 Å². The van der Waals surface area contributed by atoms with Crippen molar-refractivity contribution in [2.75, 3.05) is 5.32 Å². The van der Waals surface area contributed by atoms with E-state index >= 15 is 0 Å². The molecule has 0 saturated heterocycles. The fraction of sp³-hybridized carbons (Fsp3) is 0.0588. The molecular formula is C17H12N2O2S. The summed E-state index contributed by atoms with van der Waals surface area (Å²) in [7, 11) is 0. The number of aryl methyl sites for hydroxylation is 1. The quantitative estimate of drug-likeness (QED) is 0.568. The summed E-state index contributed by atoms with van der Waals surface area (Å²) in [6.45, 7) is 1.97. The molecule has 2 aromatic carbocycles. The number of thioether (sulfide) groups is 1. The number of furan rings is 1.